The molecule has 40 nitrogen and oxygen atoms in total. The van der Waals surface area contributed by atoms with Gasteiger partial charge in [0.25, 0.3) is 15.8 Å². The number of rotatable bonds is 32. The molecule has 0 bridgehead atoms. The molecule has 5 aromatic rings. The lowest BCUT2D eigenvalue weighted by Crippen LogP contribution is -2.62. The second-order valence-electron chi connectivity index (χ2n) is 41.8. The van der Waals surface area contributed by atoms with Crippen molar-refractivity contribution in [3.05, 3.63) is 93.2 Å². The smallest absolute Gasteiger partial charge is 0.317 e. The van der Waals surface area contributed by atoms with Crippen LogP contribution >= 0.6 is 22.7 Å². The highest BCUT2D eigenvalue weighted by Gasteiger charge is 2.66. The minimum absolute atomic E-state index is 0.0301. The van der Waals surface area contributed by atoms with Crippen molar-refractivity contribution in [2.45, 2.75) is 366 Å². The Morgan fingerprint density at radius 2 is 0.932 bits per heavy atom. The van der Waals surface area contributed by atoms with Crippen molar-refractivity contribution >= 4 is 102 Å². The SMILES string of the molecule is CC[C@@H]1OC(=O)[C@H](C)C(O)[C@H](C)[C@@H](O[C@@H]2O[C@@H](C)C[C@H](N(C)C)[C@H]2O[Si](CC)(CC)CC)[C@](C)(OC)C[C@@H](C)C(=O)[C@H](C)[C@H]2[C@H](/C(N)=N/O[C@@H](C)c3nnc(-c4ccccn4)s3)C(=O)O[C@@]21C.CC[C@@H]1OC(=O)[C@H](C)[C@@H](O)[C@H](C)[C@@H](O[C@@H]2O[C@@H](C)C[C@H](N(C)C)[C@H]2O[Si](CC)(CC)CC)[C@](C)(OC)C[C@@H](C)C(=O)[C@H](C)[C@H]2[C@H](/C(N)=N\O)C(=O)O[C@@]21C.C[C@@H](OS(=O)(=O)c1ccc([N+](=O)[O-])cc1)c1nnc(-c2ccccn2)s1. The lowest BCUT2D eigenvalue weighted by atomic mass is 9.67. The van der Waals surface area contributed by atoms with Crippen LogP contribution in [0.4, 0.5) is 5.69 Å². The molecule has 0 amide bonds. The largest absolute Gasteiger partial charge is 0.458 e. The minimum Gasteiger partial charge on any atom is -0.458 e. The first-order valence-electron chi connectivity index (χ1n) is 51.4. The summed E-state index contributed by atoms with van der Waals surface area (Å²) in [5.74, 6) is -15.1. The molecule has 0 saturated carbocycles. The van der Waals surface area contributed by atoms with Crippen LogP contribution in [0, 0.1) is 81.1 Å². The van der Waals surface area contributed by atoms with Crippen molar-refractivity contribution in [3.63, 3.8) is 0 Å². The topological polar surface area (TPSA) is 530 Å². The van der Waals surface area contributed by atoms with Gasteiger partial charge in [0.05, 0.1) is 69.5 Å². The number of aromatic nitrogens is 6. The summed E-state index contributed by atoms with van der Waals surface area (Å²) in [6, 6.07) is 20.8. The van der Waals surface area contributed by atoms with Crippen molar-refractivity contribution in [2.75, 3.05) is 42.4 Å². The van der Waals surface area contributed by atoms with Gasteiger partial charge in [-0.25, -0.2) is 0 Å². The number of Topliss-reactive ketones (excluding diaryl/α,β-unsaturated/α-hetero) is 2. The fourth-order valence-electron chi connectivity index (χ4n) is 22.3. The number of aliphatic hydroxyl groups is 2. The number of carbonyl (C=O) groups is 6. The zero-order valence-electron chi connectivity index (χ0n) is 91.0. The summed E-state index contributed by atoms with van der Waals surface area (Å²) in [5, 5.41) is 70.5. The molecular formula is C102H161N13O27S3Si2. The zero-order chi connectivity index (χ0) is 110. The Hall–Kier alpha value is -8.34. The Morgan fingerprint density at radius 1 is 0.558 bits per heavy atom. The highest BCUT2D eigenvalue weighted by molar-refractivity contribution is 7.86. The van der Waals surface area contributed by atoms with Crippen LogP contribution in [0.5, 0.6) is 0 Å². The average molecular weight is 2150 g/mol. The van der Waals surface area contributed by atoms with Gasteiger partial charge in [-0.1, -0.05) is 142 Å². The molecule has 1 aromatic carbocycles. The standard InChI is InChI=1S/C48H78N6O11SSi.C39H71N3O11Si.C15H12N4O5S2/c1-16-34-48(12)36(35(45(58)63-48)41(49)53-64-31(10)42-51-52-43(66-42)32-22-20-21-23-50-32)28(7)37(55)26(5)25-47(11,59-15)40(29(8)38(56)30(9)44(57)61-34)62-46-39(65-67(17-2,18-3)19-4)33(54(13)14)24-27(6)60-46;1-15-27-39(11)29(28(34(40)41-47)36(46)52-39)23(7)30(43)21(5)20-38(10,48-14)33(24(8)31(44)25(9)35(45)50-27)51-37-32(53-54(16-2,17-3)18-4)26(42(12)13)19-22(6)49-37;1-10(14-17-18-15(25-14)13-4-2-3-9-16-13)24-26(22,23)12-7-5-11(6-8-12)19(20)21/h20-23,26-31,33-36,38-40,46,56H,16-19,24-25H2,1-15H3,(H2,49,53);21-29,31-33,37,44,47H,15-20H2,1-14H3,(H2,40,41);2-10H,1H3/t26-,27+,28-,29+,30-,31+,33+,34+,35-,36+,38?,39-,40-,46+,47-,48-;21-,22+,23-,24+,25-,26+,27+,28-,29+,31+,32-,33-,37+,38-,39-;10-/m111/s1. The van der Waals surface area contributed by atoms with Crippen LogP contribution in [0.15, 0.2) is 88.3 Å². The minimum atomic E-state index is -4.10. The van der Waals surface area contributed by atoms with E-state index in [1.807, 2.05) is 94.0 Å². The normalized spacial score (nSPS) is 34.3. The van der Waals surface area contributed by atoms with Gasteiger partial charge >= 0.3 is 23.9 Å². The monoisotopic (exact) mass is 2150 g/mol. The molecule has 6 aliphatic heterocycles. The number of amidine groups is 2. The van der Waals surface area contributed by atoms with E-state index in [2.05, 4.69) is 92.0 Å². The number of methoxy groups -OCH3 is 2. The molecule has 6 fully saturated rings. The summed E-state index contributed by atoms with van der Waals surface area (Å²) < 4.78 is 109. The summed E-state index contributed by atoms with van der Waals surface area (Å²) in [6.45, 7) is 44.8. The van der Waals surface area contributed by atoms with E-state index in [9.17, 15) is 57.9 Å². The number of carbonyl (C=O) groups excluding carboxylic acids is 6. The van der Waals surface area contributed by atoms with Gasteiger partial charge in [-0.3, -0.25) is 53.0 Å². The number of pyridine rings is 2. The fourth-order valence-corrected chi connectivity index (χ4v) is 30.7. The first-order valence-corrected chi connectivity index (χ1v) is 59.5. The summed E-state index contributed by atoms with van der Waals surface area (Å²) in [4.78, 5) is 114. The zero-order valence-corrected chi connectivity index (χ0v) is 95.5. The quantitative estimate of drug-likeness (QED) is 0.00307. The average Bonchev–Trinajstić information content (AvgIpc) is 1.60. The van der Waals surface area contributed by atoms with Crippen LogP contribution in [-0.4, -0.2) is 283 Å². The lowest BCUT2D eigenvalue weighted by molar-refractivity contribution is -0.384. The molecule has 822 valence electrons. The second kappa shape index (κ2) is 51.9. The van der Waals surface area contributed by atoms with E-state index in [-0.39, 0.29) is 78.0 Å². The number of non-ortho nitro benzene ring substituents is 1. The van der Waals surface area contributed by atoms with Crippen LogP contribution in [0.1, 0.15) is 227 Å². The molecule has 0 spiro atoms. The van der Waals surface area contributed by atoms with Crippen LogP contribution in [0.25, 0.3) is 21.4 Å². The van der Waals surface area contributed by atoms with E-state index in [4.69, 9.17) is 76.7 Å². The van der Waals surface area contributed by atoms with Crippen LogP contribution < -0.4 is 11.5 Å². The highest BCUT2D eigenvalue weighted by Crippen LogP contribution is 2.53. The maximum absolute atomic E-state index is 15.1. The van der Waals surface area contributed by atoms with E-state index in [1.54, 1.807) is 115 Å². The number of aliphatic hydroxyl groups excluding tert-OH is 2. The van der Waals surface area contributed by atoms with Gasteiger partial charge in [-0.2, -0.15) is 8.42 Å². The number of nitro benzene ring substituents is 1. The molecule has 4 aromatic heterocycles. The van der Waals surface area contributed by atoms with Crippen LogP contribution in [0.3, 0.4) is 0 Å². The van der Waals surface area contributed by atoms with Crippen molar-refractivity contribution < 1.29 is 123 Å². The Morgan fingerprint density at radius 3 is 1.27 bits per heavy atom. The third-order valence-corrected chi connectivity index (χ3v) is 44.6. The van der Waals surface area contributed by atoms with E-state index in [0.29, 0.717) is 31.4 Å². The lowest BCUT2D eigenvalue weighted by Gasteiger charge is -2.50. The predicted octanol–water partition coefficient (Wildman–Crippen LogP) is 14.6. The Bertz CT molecular complexity index is 5350. The van der Waals surface area contributed by atoms with Gasteiger partial charge < -0.3 is 97.7 Å². The molecule has 0 aliphatic carbocycles. The molecule has 6 aliphatic rings. The first kappa shape index (κ1) is 122. The van der Waals surface area contributed by atoms with E-state index in [1.165, 1.54) is 29.6 Å². The summed E-state index contributed by atoms with van der Waals surface area (Å²) in [7, 11) is 2.71. The van der Waals surface area contributed by atoms with Gasteiger partial charge in [0.1, 0.15) is 70.3 Å². The number of fused-ring (bicyclic) bond motifs is 2. The molecule has 10 heterocycles. The molecule has 1 unspecified atom stereocenters. The van der Waals surface area contributed by atoms with Gasteiger partial charge in [0, 0.05) is 98.2 Å². The molecule has 0 radical (unpaired) electrons. The number of benzene rings is 1. The Labute approximate surface area is 875 Å². The Balaban J connectivity index is 0.000000267. The number of esters is 4. The van der Waals surface area contributed by atoms with E-state index < -0.39 is 228 Å². The van der Waals surface area contributed by atoms with Gasteiger partial charge in [-0.05, 0) is 209 Å². The summed E-state index contributed by atoms with van der Waals surface area (Å²) >= 11 is 2.45. The molecule has 11 rings (SSSR count). The fraction of sp³-hybridized carbons (Fsp3) is 0.725. The molecule has 45 heteroatoms. The number of oxime groups is 2. The van der Waals surface area contributed by atoms with Crippen molar-refractivity contribution in [1.82, 2.24) is 40.2 Å². The predicted molar refractivity (Wildman–Crippen MR) is 556 cm³/mol. The van der Waals surface area contributed by atoms with Crippen molar-refractivity contribution in [1.29, 1.82) is 0 Å². The second-order valence-corrected chi connectivity index (χ2v) is 54.8. The van der Waals surface area contributed by atoms with E-state index >= 15 is 4.79 Å². The third kappa shape index (κ3) is 27.5. The molecule has 7 N–H and O–H groups in total. The number of ether oxygens (including phenoxy) is 10. The van der Waals surface area contributed by atoms with Crippen molar-refractivity contribution in [2.24, 2.45) is 92.8 Å². The van der Waals surface area contributed by atoms with E-state index in [0.717, 1.165) is 73.4 Å². The van der Waals surface area contributed by atoms with Gasteiger partial charge in [0.15, 0.2) is 73.2 Å². The Kier molecular flexibility index (Phi) is 43.1. The molecular weight excluding hydrogens is 1990 g/mol. The van der Waals surface area contributed by atoms with Crippen LogP contribution in [0.2, 0.25) is 36.3 Å². The highest BCUT2D eigenvalue weighted by atomic mass is 32.2. The number of nitrogens with zero attached hydrogens (tertiary/aromatic N) is 11. The van der Waals surface area contributed by atoms with Crippen LogP contribution in [-0.2, 0) is 104 Å². The summed E-state index contributed by atoms with van der Waals surface area (Å²) in [5.41, 5.74) is 8.36. The molecule has 32 atom stereocenters. The maximum atomic E-state index is 15.1. The number of cyclic esters (lactones) is 2. The first-order chi connectivity index (χ1) is 69.1. The number of ketones is 2. The summed E-state index contributed by atoms with van der Waals surface area (Å²) in [6.07, 6.45) is -5.61. The molecule has 147 heavy (non-hydrogen) atoms. The third-order valence-electron chi connectivity index (χ3n) is 31.8. The van der Waals surface area contributed by atoms with Gasteiger partial charge in [0.2, 0.25) is 0 Å². The van der Waals surface area contributed by atoms with Crippen molar-refractivity contribution in [3.8, 4) is 21.4 Å². The van der Waals surface area contributed by atoms with Gasteiger partial charge in [-0.15, -0.1) is 20.4 Å². The number of likely N-dealkylation sites (N-methyl/N-ethyl adjacent to an activating group) is 2. The number of hydrogen-bond acceptors (Lipinski definition) is 39. The maximum Gasteiger partial charge on any atom is 0.317 e. The number of nitrogens with two attached hydrogens (primary N) is 2. The number of nitro groups is 1. The molecule has 6 saturated heterocycles. The number of hydrogen-bond donors (Lipinski definition) is 5.